The average molecular weight is 249 g/mol. The summed E-state index contributed by atoms with van der Waals surface area (Å²) in [6.07, 6.45) is 7.63. The lowest BCUT2D eigenvalue weighted by Crippen LogP contribution is -2.28. The fourth-order valence-corrected chi connectivity index (χ4v) is 2.17. The molecule has 0 aliphatic heterocycles. The van der Waals surface area contributed by atoms with Crippen LogP contribution in [0.2, 0.25) is 0 Å². The number of carbonyl (C=O) groups excluding carboxylic acids is 1. The third kappa shape index (κ3) is 3.60. The van der Waals surface area contributed by atoms with Crippen LogP contribution in [0.3, 0.4) is 0 Å². The number of aromatic nitrogens is 1. The van der Waals surface area contributed by atoms with Gasteiger partial charge in [-0.2, -0.15) is 0 Å². The summed E-state index contributed by atoms with van der Waals surface area (Å²) < 4.78 is 1.96. The molecule has 4 heteroatoms. The molecule has 0 saturated heterocycles. The second-order valence-electron chi connectivity index (χ2n) is 5.11. The highest BCUT2D eigenvalue weighted by molar-refractivity contribution is 5.75. The molecule has 1 aromatic heterocycles. The van der Waals surface area contributed by atoms with Gasteiger partial charge in [0.1, 0.15) is 6.54 Å². The van der Waals surface area contributed by atoms with Gasteiger partial charge in [-0.3, -0.25) is 4.79 Å². The predicted molar refractivity (Wildman–Crippen MR) is 72.3 cm³/mol. The van der Waals surface area contributed by atoms with Crippen LogP contribution in [0.1, 0.15) is 37.8 Å². The third-order valence-corrected chi connectivity index (χ3v) is 3.54. The first-order chi connectivity index (χ1) is 8.72. The van der Waals surface area contributed by atoms with Gasteiger partial charge in [-0.15, -0.1) is 0 Å². The number of rotatable bonds is 7. The lowest BCUT2D eigenvalue weighted by Gasteiger charge is -2.11. The van der Waals surface area contributed by atoms with Gasteiger partial charge >= 0.3 is 0 Å². The van der Waals surface area contributed by atoms with Crippen LogP contribution >= 0.6 is 0 Å². The van der Waals surface area contributed by atoms with Gasteiger partial charge in [-0.1, -0.05) is 6.92 Å². The van der Waals surface area contributed by atoms with Crippen LogP contribution in [0.5, 0.6) is 0 Å². The van der Waals surface area contributed by atoms with E-state index in [2.05, 4.69) is 29.8 Å². The van der Waals surface area contributed by atoms with Crippen molar-refractivity contribution in [2.75, 3.05) is 13.6 Å². The first kappa shape index (κ1) is 13.1. The van der Waals surface area contributed by atoms with Gasteiger partial charge in [0.2, 0.25) is 5.91 Å². The molecule has 18 heavy (non-hydrogen) atoms. The SMILES string of the molecule is CCC(NC)c1ccn(CC(=O)NCC2CC2)c1. The van der Waals surface area contributed by atoms with E-state index in [-0.39, 0.29) is 5.91 Å². The molecule has 0 radical (unpaired) electrons. The van der Waals surface area contributed by atoms with E-state index < -0.39 is 0 Å². The Kier molecular flexibility index (Phi) is 4.42. The highest BCUT2D eigenvalue weighted by atomic mass is 16.1. The highest BCUT2D eigenvalue weighted by Crippen LogP contribution is 2.27. The van der Waals surface area contributed by atoms with E-state index in [1.807, 2.05) is 17.8 Å². The van der Waals surface area contributed by atoms with Gasteiger partial charge < -0.3 is 15.2 Å². The molecule has 1 saturated carbocycles. The molecule has 1 aromatic rings. The Morgan fingerprint density at radius 1 is 1.56 bits per heavy atom. The summed E-state index contributed by atoms with van der Waals surface area (Å²) in [6.45, 7) is 3.43. The number of hydrogen-bond acceptors (Lipinski definition) is 2. The molecule has 1 atom stereocenters. The molecule has 0 spiro atoms. The van der Waals surface area contributed by atoms with Crippen molar-refractivity contribution in [3.05, 3.63) is 24.0 Å². The van der Waals surface area contributed by atoms with Gasteiger partial charge in [-0.25, -0.2) is 0 Å². The van der Waals surface area contributed by atoms with Crippen LogP contribution in [0.25, 0.3) is 0 Å². The Hall–Kier alpha value is -1.29. The second-order valence-corrected chi connectivity index (χ2v) is 5.11. The monoisotopic (exact) mass is 249 g/mol. The van der Waals surface area contributed by atoms with Crippen molar-refractivity contribution < 1.29 is 4.79 Å². The summed E-state index contributed by atoms with van der Waals surface area (Å²) in [5.74, 6) is 0.851. The van der Waals surface area contributed by atoms with Crippen molar-refractivity contribution in [1.82, 2.24) is 15.2 Å². The Balaban J connectivity index is 1.82. The molecule has 1 aliphatic rings. The maximum atomic E-state index is 11.7. The maximum Gasteiger partial charge on any atom is 0.239 e. The maximum absolute atomic E-state index is 11.7. The molecule has 1 heterocycles. The van der Waals surface area contributed by atoms with Crippen molar-refractivity contribution in [2.45, 2.75) is 38.8 Å². The lowest BCUT2D eigenvalue weighted by molar-refractivity contribution is -0.121. The molecule has 1 unspecified atom stereocenters. The largest absolute Gasteiger partial charge is 0.354 e. The van der Waals surface area contributed by atoms with Crippen LogP contribution in [0, 0.1) is 5.92 Å². The summed E-state index contributed by atoms with van der Waals surface area (Å²) in [7, 11) is 1.97. The topological polar surface area (TPSA) is 46.1 Å². The molecular formula is C14H23N3O. The zero-order valence-corrected chi connectivity index (χ0v) is 11.3. The lowest BCUT2D eigenvalue weighted by atomic mass is 10.1. The summed E-state index contributed by atoms with van der Waals surface area (Å²) in [6, 6.07) is 2.46. The van der Waals surface area contributed by atoms with E-state index in [1.54, 1.807) is 0 Å². The van der Waals surface area contributed by atoms with E-state index >= 15 is 0 Å². The molecule has 1 fully saturated rings. The van der Waals surface area contributed by atoms with E-state index in [0.717, 1.165) is 18.9 Å². The number of amides is 1. The predicted octanol–water partition coefficient (Wildman–Crippen LogP) is 1.68. The smallest absolute Gasteiger partial charge is 0.239 e. The Morgan fingerprint density at radius 3 is 2.94 bits per heavy atom. The Labute approximate surface area is 109 Å². The molecule has 2 N–H and O–H groups in total. The molecule has 0 aromatic carbocycles. The van der Waals surface area contributed by atoms with E-state index in [0.29, 0.717) is 12.6 Å². The van der Waals surface area contributed by atoms with Crippen molar-refractivity contribution in [3.8, 4) is 0 Å². The normalized spacial score (nSPS) is 16.6. The average Bonchev–Trinajstić information content (AvgIpc) is 3.09. The van der Waals surface area contributed by atoms with E-state index in [4.69, 9.17) is 0 Å². The number of hydrogen-bond donors (Lipinski definition) is 2. The fraction of sp³-hybridized carbons (Fsp3) is 0.643. The first-order valence-corrected chi connectivity index (χ1v) is 6.82. The molecule has 2 rings (SSSR count). The van der Waals surface area contributed by atoms with Crippen molar-refractivity contribution >= 4 is 5.91 Å². The molecule has 1 aliphatic carbocycles. The van der Waals surface area contributed by atoms with Gasteiger partial charge in [-0.05, 0) is 43.9 Å². The minimum Gasteiger partial charge on any atom is -0.354 e. The van der Waals surface area contributed by atoms with Crippen molar-refractivity contribution in [2.24, 2.45) is 5.92 Å². The van der Waals surface area contributed by atoms with Gasteiger partial charge in [0.05, 0.1) is 0 Å². The zero-order valence-electron chi connectivity index (χ0n) is 11.3. The molecule has 1 amide bonds. The summed E-state index contributed by atoms with van der Waals surface area (Å²) in [5, 5.41) is 6.25. The second kappa shape index (κ2) is 6.05. The standard InChI is InChI=1S/C14H23N3O/c1-3-13(15-2)12-6-7-17(9-12)10-14(18)16-8-11-4-5-11/h6-7,9,11,13,15H,3-5,8,10H2,1-2H3,(H,16,18). The molecule has 4 nitrogen and oxygen atoms in total. The van der Waals surface area contributed by atoms with E-state index in [1.165, 1.54) is 18.4 Å². The minimum absolute atomic E-state index is 0.113. The highest BCUT2D eigenvalue weighted by Gasteiger charge is 2.21. The summed E-state index contributed by atoms with van der Waals surface area (Å²) in [4.78, 5) is 11.7. The Bertz CT molecular complexity index is 391. The summed E-state index contributed by atoms with van der Waals surface area (Å²) >= 11 is 0. The van der Waals surface area contributed by atoms with Crippen LogP contribution in [0.4, 0.5) is 0 Å². The number of nitrogens with zero attached hydrogens (tertiary/aromatic N) is 1. The van der Waals surface area contributed by atoms with Crippen molar-refractivity contribution in [1.29, 1.82) is 0 Å². The third-order valence-electron chi connectivity index (χ3n) is 3.54. The van der Waals surface area contributed by atoms with Crippen LogP contribution < -0.4 is 10.6 Å². The number of carbonyl (C=O) groups is 1. The van der Waals surface area contributed by atoms with Crippen LogP contribution in [-0.4, -0.2) is 24.1 Å². The van der Waals surface area contributed by atoms with Crippen LogP contribution in [-0.2, 0) is 11.3 Å². The zero-order chi connectivity index (χ0) is 13.0. The van der Waals surface area contributed by atoms with Gasteiger partial charge in [0.25, 0.3) is 0 Å². The molecule has 100 valence electrons. The minimum atomic E-state index is 0.113. The van der Waals surface area contributed by atoms with Gasteiger partial charge in [0.15, 0.2) is 0 Å². The first-order valence-electron chi connectivity index (χ1n) is 6.82. The fourth-order valence-electron chi connectivity index (χ4n) is 2.17. The summed E-state index contributed by atoms with van der Waals surface area (Å²) in [5.41, 5.74) is 1.25. The Morgan fingerprint density at radius 2 is 2.33 bits per heavy atom. The van der Waals surface area contributed by atoms with Crippen LogP contribution in [0.15, 0.2) is 18.5 Å². The quantitative estimate of drug-likeness (QED) is 0.772. The molecular weight excluding hydrogens is 226 g/mol. The van der Waals surface area contributed by atoms with E-state index in [9.17, 15) is 4.79 Å². The molecule has 0 bridgehead atoms. The van der Waals surface area contributed by atoms with Gasteiger partial charge in [0, 0.05) is 25.0 Å². The van der Waals surface area contributed by atoms with Crippen molar-refractivity contribution in [3.63, 3.8) is 0 Å². The number of nitrogens with one attached hydrogen (secondary N) is 2.